The Kier molecular flexibility index (Phi) is 5.56. The summed E-state index contributed by atoms with van der Waals surface area (Å²) in [5, 5.41) is 0. The van der Waals surface area contributed by atoms with Crippen LogP contribution in [0.1, 0.15) is 17.2 Å². The Bertz CT molecular complexity index is 675. The molecule has 0 fully saturated rings. The van der Waals surface area contributed by atoms with E-state index < -0.39 is 12.2 Å². The summed E-state index contributed by atoms with van der Waals surface area (Å²) in [4.78, 5) is 0. The number of hydrogen-bond donors (Lipinski definition) is 1. The van der Waals surface area contributed by atoms with Gasteiger partial charge in [-0.15, -0.1) is 0 Å². The Morgan fingerprint density at radius 3 is 2.08 bits per heavy atom. The summed E-state index contributed by atoms with van der Waals surface area (Å²) in [5.74, 6) is 0.416. The van der Waals surface area contributed by atoms with E-state index in [-0.39, 0.29) is 29.4 Å². The zero-order valence-corrected chi connectivity index (χ0v) is 13.3. The molecule has 2 aromatic carbocycles. The first-order chi connectivity index (χ1) is 11.4. The van der Waals surface area contributed by atoms with Crippen LogP contribution < -0.4 is 19.9 Å². The van der Waals surface area contributed by atoms with E-state index in [1.165, 1.54) is 26.4 Å². The molecule has 0 aliphatic heterocycles. The zero-order chi connectivity index (χ0) is 17.7. The number of nitrogens with two attached hydrogens (primary N) is 1. The highest BCUT2D eigenvalue weighted by atomic mass is 19.4. The summed E-state index contributed by atoms with van der Waals surface area (Å²) in [6, 6.07) is 9.44. The van der Waals surface area contributed by atoms with Crippen LogP contribution in [-0.2, 0) is 6.61 Å². The molecule has 0 saturated carbocycles. The average molecular weight is 341 g/mol. The molecular formula is C17H18F3NO3. The van der Waals surface area contributed by atoms with Gasteiger partial charge in [-0.25, -0.2) is 0 Å². The van der Waals surface area contributed by atoms with Gasteiger partial charge in [-0.3, -0.25) is 0 Å². The van der Waals surface area contributed by atoms with Gasteiger partial charge in [-0.2, -0.15) is 13.2 Å². The SMILES string of the molecule is COc1cc(OCc2ccccc2)c([C@@H](N)C(F)(F)F)cc1OC. The van der Waals surface area contributed by atoms with Gasteiger partial charge >= 0.3 is 6.18 Å². The Labute approximate surface area is 137 Å². The summed E-state index contributed by atoms with van der Waals surface area (Å²) in [5.41, 5.74) is 5.96. The summed E-state index contributed by atoms with van der Waals surface area (Å²) in [6.45, 7) is 0.105. The molecule has 2 N–H and O–H groups in total. The van der Waals surface area contributed by atoms with E-state index in [4.69, 9.17) is 19.9 Å². The molecular weight excluding hydrogens is 323 g/mol. The van der Waals surface area contributed by atoms with Crippen molar-refractivity contribution in [3.8, 4) is 17.2 Å². The van der Waals surface area contributed by atoms with Crippen molar-refractivity contribution in [2.75, 3.05) is 14.2 Å². The Hall–Kier alpha value is -2.41. The molecule has 1 atom stereocenters. The van der Waals surface area contributed by atoms with Crippen LogP contribution in [0.3, 0.4) is 0 Å². The highest BCUT2D eigenvalue weighted by molar-refractivity contribution is 5.52. The molecule has 0 spiro atoms. The van der Waals surface area contributed by atoms with Crippen molar-refractivity contribution in [1.29, 1.82) is 0 Å². The highest BCUT2D eigenvalue weighted by Crippen LogP contribution is 2.41. The third-order valence-corrected chi connectivity index (χ3v) is 3.44. The number of halogens is 3. The van der Waals surface area contributed by atoms with Gasteiger partial charge in [0, 0.05) is 11.6 Å². The van der Waals surface area contributed by atoms with E-state index in [1.807, 2.05) is 30.3 Å². The lowest BCUT2D eigenvalue weighted by molar-refractivity contribution is -0.149. The monoisotopic (exact) mass is 341 g/mol. The van der Waals surface area contributed by atoms with Crippen LogP contribution in [0.4, 0.5) is 13.2 Å². The maximum absolute atomic E-state index is 13.0. The third-order valence-electron chi connectivity index (χ3n) is 3.44. The number of alkyl halides is 3. The third kappa shape index (κ3) is 4.11. The molecule has 24 heavy (non-hydrogen) atoms. The number of methoxy groups -OCH3 is 2. The quantitative estimate of drug-likeness (QED) is 0.867. The van der Waals surface area contributed by atoms with Gasteiger partial charge in [0.1, 0.15) is 18.4 Å². The van der Waals surface area contributed by atoms with E-state index in [9.17, 15) is 13.2 Å². The van der Waals surface area contributed by atoms with Crippen LogP contribution in [0, 0.1) is 0 Å². The van der Waals surface area contributed by atoms with E-state index >= 15 is 0 Å². The first-order valence-electron chi connectivity index (χ1n) is 7.11. The van der Waals surface area contributed by atoms with Crippen LogP contribution in [-0.4, -0.2) is 20.4 Å². The summed E-state index contributed by atoms with van der Waals surface area (Å²) < 4.78 is 54.9. The zero-order valence-electron chi connectivity index (χ0n) is 13.3. The van der Waals surface area contributed by atoms with Crippen LogP contribution in [0.25, 0.3) is 0 Å². The predicted octanol–water partition coefficient (Wildman–Crippen LogP) is 3.84. The second-order valence-electron chi connectivity index (χ2n) is 5.04. The van der Waals surface area contributed by atoms with Gasteiger partial charge in [0.05, 0.1) is 14.2 Å². The summed E-state index contributed by atoms with van der Waals surface area (Å²) >= 11 is 0. The van der Waals surface area contributed by atoms with Crippen LogP contribution in [0.5, 0.6) is 17.2 Å². The Morgan fingerprint density at radius 2 is 1.54 bits per heavy atom. The van der Waals surface area contributed by atoms with Gasteiger partial charge in [0.15, 0.2) is 11.5 Å². The normalized spacial score (nSPS) is 12.6. The molecule has 0 saturated heterocycles. The van der Waals surface area contributed by atoms with Crippen molar-refractivity contribution in [3.63, 3.8) is 0 Å². The molecule has 130 valence electrons. The van der Waals surface area contributed by atoms with Crippen LogP contribution in [0.15, 0.2) is 42.5 Å². The molecule has 0 radical (unpaired) electrons. The minimum absolute atomic E-state index is 0.00123. The lowest BCUT2D eigenvalue weighted by Gasteiger charge is -2.21. The standard InChI is InChI=1S/C17H18F3NO3/c1-22-14-8-12(16(21)17(18,19)20)13(9-15(14)23-2)24-10-11-6-4-3-5-7-11/h3-9,16H,10,21H2,1-2H3/t16-/m1/s1. The predicted molar refractivity (Wildman–Crippen MR) is 83.3 cm³/mol. The van der Waals surface area contributed by atoms with Gasteiger partial charge < -0.3 is 19.9 Å². The van der Waals surface area contributed by atoms with Gasteiger partial charge in [-0.1, -0.05) is 30.3 Å². The van der Waals surface area contributed by atoms with Gasteiger partial charge in [0.25, 0.3) is 0 Å². The van der Waals surface area contributed by atoms with Crippen LogP contribution >= 0.6 is 0 Å². The molecule has 2 rings (SSSR count). The van der Waals surface area contributed by atoms with Crippen molar-refractivity contribution < 1.29 is 27.4 Å². The Balaban J connectivity index is 2.39. The Morgan fingerprint density at radius 1 is 0.958 bits per heavy atom. The first kappa shape index (κ1) is 17.9. The van der Waals surface area contributed by atoms with Crippen molar-refractivity contribution in [2.24, 2.45) is 5.73 Å². The van der Waals surface area contributed by atoms with Crippen LogP contribution in [0.2, 0.25) is 0 Å². The lowest BCUT2D eigenvalue weighted by Crippen LogP contribution is -2.29. The maximum atomic E-state index is 13.0. The first-order valence-corrected chi connectivity index (χ1v) is 7.11. The largest absolute Gasteiger partial charge is 0.493 e. The fourth-order valence-electron chi connectivity index (χ4n) is 2.16. The number of hydrogen-bond acceptors (Lipinski definition) is 4. The molecule has 7 heteroatoms. The maximum Gasteiger partial charge on any atom is 0.407 e. The fraction of sp³-hybridized carbons (Fsp3) is 0.294. The van der Waals surface area contributed by atoms with E-state index in [2.05, 4.69) is 0 Å². The number of rotatable bonds is 6. The van der Waals surface area contributed by atoms with Crippen molar-refractivity contribution in [3.05, 3.63) is 53.6 Å². The minimum Gasteiger partial charge on any atom is -0.493 e. The highest BCUT2D eigenvalue weighted by Gasteiger charge is 2.40. The molecule has 0 unspecified atom stereocenters. The topological polar surface area (TPSA) is 53.7 Å². The second-order valence-corrected chi connectivity index (χ2v) is 5.04. The van der Waals surface area contributed by atoms with E-state index in [0.29, 0.717) is 0 Å². The lowest BCUT2D eigenvalue weighted by atomic mass is 10.0. The summed E-state index contributed by atoms with van der Waals surface area (Å²) in [7, 11) is 2.73. The smallest absolute Gasteiger partial charge is 0.407 e. The van der Waals surface area contributed by atoms with Crippen molar-refractivity contribution >= 4 is 0 Å². The number of ether oxygens (including phenoxy) is 3. The molecule has 0 bridgehead atoms. The van der Waals surface area contributed by atoms with Crippen molar-refractivity contribution in [2.45, 2.75) is 18.8 Å². The molecule has 2 aromatic rings. The molecule has 0 amide bonds. The van der Waals surface area contributed by atoms with E-state index in [1.54, 1.807) is 0 Å². The van der Waals surface area contributed by atoms with Crippen molar-refractivity contribution in [1.82, 2.24) is 0 Å². The summed E-state index contributed by atoms with van der Waals surface area (Å²) in [6.07, 6.45) is -4.61. The fourth-order valence-corrected chi connectivity index (χ4v) is 2.16. The molecule has 0 aliphatic rings. The van der Waals surface area contributed by atoms with Gasteiger partial charge in [0.2, 0.25) is 0 Å². The average Bonchev–Trinajstić information content (AvgIpc) is 2.58. The molecule has 0 heterocycles. The van der Waals surface area contributed by atoms with Gasteiger partial charge in [-0.05, 0) is 11.6 Å². The molecule has 0 aliphatic carbocycles. The van der Waals surface area contributed by atoms with E-state index in [0.717, 1.165) is 5.56 Å². The molecule has 0 aromatic heterocycles. The second kappa shape index (κ2) is 7.44. The molecule has 4 nitrogen and oxygen atoms in total. The number of benzene rings is 2. The minimum atomic E-state index is -4.61.